The van der Waals surface area contributed by atoms with E-state index in [2.05, 4.69) is 24.5 Å². The number of nitrogens with one attached hydrogen (secondary N) is 2. The number of hydrogen-bond acceptors (Lipinski definition) is 3. The average Bonchev–Trinajstić information content (AvgIpc) is 2.71. The van der Waals surface area contributed by atoms with Crippen LogP contribution < -0.4 is 16.4 Å². The number of rotatable bonds is 7. The van der Waals surface area contributed by atoms with Gasteiger partial charge in [0.05, 0.1) is 0 Å². The molecule has 2 atom stereocenters. The monoisotopic (exact) mass is 255 g/mol. The Kier molecular flexibility index (Phi) is 6.12. The van der Waals surface area contributed by atoms with E-state index in [0.717, 1.165) is 12.8 Å². The summed E-state index contributed by atoms with van der Waals surface area (Å²) in [6, 6.07) is 0.0999. The number of hydrogen-bond donors (Lipinski definition) is 3. The van der Waals surface area contributed by atoms with Gasteiger partial charge in [0, 0.05) is 25.4 Å². The number of carbonyl (C=O) groups is 2. The molecule has 0 aromatic rings. The molecule has 0 bridgehead atoms. The lowest BCUT2D eigenvalue weighted by Gasteiger charge is -2.17. The maximum atomic E-state index is 11.8. The third-order valence-corrected chi connectivity index (χ3v) is 3.24. The fraction of sp³-hybridized carbons (Fsp3) is 0.846. The van der Waals surface area contributed by atoms with Gasteiger partial charge in [-0.2, -0.15) is 0 Å². The molecule has 18 heavy (non-hydrogen) atoms. The van der Waals surface area contributed by atoms with Crippen LogP contribution in [0.5, 0.6) is 0 Å². The highest BCUT2D eigenvalue weighted by Crippen LogP contribution is 2.14. The van der Waals surface area contributed by atoms with E-state index in [1.54, 1.807) is 0 Å². The molecule has 0 aliphatic carbocycles. The first kappa shape index (κ1) is 15.0. The molecular weight excluding hydrogens is 230 g/mol. The molecular formula is C13H25N3O2. The predicted octanol–water partition coefficient (Wildman–Crippen LogP) is 0.392. The Hall–Kier alpha value is -1.10. The molecule has 1 saturated heterocycles. The summed E-state index contributed by atoms with van der Waals surface area (Å²) in [4.78, 5) is 22.8. The minimum absolute atomic E-state index is 0.0345. The molecule has 4 N–H and O–H groups in total. The zero-order valence-corrected chi connectivity index (χ0v) is 11.4. The molecule has 0 radical (unpaired) electrons. The summed E-state index contributed by atoms with van der Waals surface area (Å²) in [5, 5.41) is 5.70. The fourth-order valence-electron chi connectivity index (χ4n) is 2.33. The molecule has 5 heteroatoms. The van der Waals surface area contributed by atoms with Gasteiger partial charge in [0.1, 0.15) is 0 Å². The SMILES string of the molecule is CC(C)C[C@H](CN)CC(=O)NCC1CCC(=O)N1. The lowest BCUT2D eigenvalue weighted by atomic mass is 9.94. The van der Waals surface area contributed by atoms with Gasteiger partial charge in [-0.3, -0.25) is 9.59 Å². The van der Waals surface area contributed by atoms with E-state index in [-0.39, 0.29) is 23.8 Å². The standard InChI is InChI=1S/C13H25N3O2/c1-9(2)5-10(7-14)6-13(18)15-8-11-3-4-12(17)16-11/h9-11H,3-8,14H2,1-2H3,(H,15,18)(H,16,17)/t10-,11?/m0/s1. The second kappa shape index (κ2) is 7.36. The molecule has 0 aromatic heterocycles. The van der Waals surface area contributed by atoms with Crippen molar-refractivity contribution in [2.24, 2.45) is 17.6 Å². The average molecular weight is 255 g/mol. The first-order chi connectivity index (χ1) is 8.51. The van der Waals surface area contributed by atoms with Gasteiger partial charge in [0.15, 0.2) is 0 Å². The molecule has 1 rings (SSSR count). The van der Waals surface area contributed by atoms with Gasteiger partial charge < -0.3 is 16.4 Å². The predicted molar refractivity (Wildman–Crippen MR) is 70.8 cm³/mol. The van der Waals surface area contributed by atoms with Crippen LogP contribution in [0.2, 0.25) is 0 Å². The Morgan fingerprint density at radius 3 is 2.78 bits per heavy atom. The van der Waals surface area contributed by atoms with Crippen molar-refractivity contribution in [1.82, 2.24) is 10.6 Å². The maximum Gasteiger partial charge on any atom is 0.220 e. The van der Waals surface area contributed by atoms with Crippen LogP contribution in [0.4, 0.5) is 0 Å². The molecule has 0 aromatic carbocycles. The van der Waals surface area contributed by atoms with Gasteiger partial charge in [0.2, 0.25) is 11.8 Å². The Morgan fingerprint density at radius 1 is 1.56 bits per heavy atom. The summed E-state index contributed by atoms with van der Waals surface area (Å²) in [5.74, 6) is 0.921. The molecule has 5 nitrogen and oxygen atoms in total. The fourth-order valence-corrected chi connectivity index (χ4v) is 2.33. The van der Waals surface area contributed by atoms with Crippen molar-refractivity contribution in [3.05, 3.63) is 0 Å². The van der Waals surface area contributed by atoms with Crippen LogP contribution >= 0.6 is 0 Å². The third-order valence-electron chi connectivity index (χ3n) is 3.24. The molecule has 2 amide bonds. The van der Waals surface area contributed by atoms with Gasteiger partial charge in [-0.1, -0.05) is 13.8 Å². The van der Waals surface area contributed by atoms with Crippen LogP contribution in [0.25, 0.3) is 0 Å². The van der Waals surface area contributed by atoms with Crippen molar-refractivity contribution >= 4 is 11.8 Å². The van der Waals surface area contributed by atoms with Crippen LogP contribution in [-0.4, -0.2) is 30.9 Å². The van der Waals surface area contributed by atoms with Crippen molar-refractivity contribution in [1.29, 1.82) is 0 Å². The summed E-state index contributed by atoms with van der Waals surface area (Å²) in [7, 11) is 0. The van der Waals surface area contributed by atoms with Crippen LogP contribution in [-0.2, 0) is 9.59 Å². The second-order valence-corrected chi connectivity index (χ2v) is 5.54. The number of carbonyl (C=O) groups excluding carboxylic acids is 2. The van der Waals surface area contributed by atoms with Crippen molar-refractivity contribution in [3.63, 3.8) is 0 Å². The highest BCUT2D eigenvalue weighted by Gasteiger charge is 2.21. The molecule has 1 unspecified atom stereocenters. The number of amides is 2. The van der Waals surface area contributed by atoms with Crippen LogP contribution in [0, 0.1) is 11.8 Å². The van der Waals surface area contributed by atoms with Crippen LogP contribution in [0.15, 0.2) is 0 Å². The van der Waals surface area contributed by atoms with Crippen LogP contribution in [0.1, 0.15) is 39.5 Å². The zero-order chi connectivity index (χ0) is 13.5. The van der Waals surface area contributed by atoms with Gasteiger partial charge in [-0.25, -0.2) is 0 Å². The quantitative estimate of drug-likeness (QED) is 0.615. The van der Waals surface area contributed by atoms with E-state index in [1.807, 2.05) is 0 Å². The largest absolute Gasteiger partial charge is 0.354 e. The lowest BCUT2D eigenvalue weighted by molar-refractivity contribution is -0.122. The second-order valence-electron chi connectivity index (χ2n) is 5.54. The molecule has 0 spiro atoms. The third kappa shape index (κ3) is 5.49. The molecule has 1 fully saturated rings. The molecule has 1 aliphatic rings. The van der Waals surface area contributed by atoms with Gasteiger partial charge in [-0.15, -0.1) is 0 Å². The highest BCUT2D eigenvalue weighted by atomic mass is 16.2. The van der Waals surface area contributed by atoms with Crippen molar-refractivity contribution < 1.29 is 9.59 Å². The van der Waals surface area contributed by atoms with E-state index < -0.39 is 0 Å². The topological polar surface area (TPSA) is 84.2 Å². The molecule has 1 heterocycles. The Bertz CT molecular complexity index is 292. The highest BCUT2D eigenvalue weighted by molar-refractivity contribution is 5.79. The summed E-state index contributed by atoms with van der Waals surface area (Å²) in [5.41, 5.74) is 5.67. The van der Waals surface area contributed by atoms with Crippen molar-refractivity contribution in [3.8, 4) is 0 Å². The zero-order valence-electron chi connectivity index (χ0n) is 11.4. The normalized spacial score (nSPS) is 20.9. The van der Waals surface area contributed by atoms with Gasteiger partial charge in [0.25, 0.3) is 0 Å². The smallest absolute Gasteiger partial charge is 0.220 e. The number of nitrogens with two attached hydrogens (primary N) is 1. The summed E-state index contributed by atoms with van der Waals surface area (Å²) < 4.78 is 0. The van der Waals surface area contributed by atoms with E-state index >= 15 is 0 Å². The van der Waals surface area contributed by atoms with Gasteiger partial charge in [-0.05, 0) is 31.2 Å². The van der Waals surface area contributed by atoms with E-state index in [4.69, 9.17) is 5.73 Å². The molecule has 104 valence electrons. The Morgan fingerprint density at radius 2 is 2.28 bits per heavy atom. The minimum Gasteiger partial charge on any atom is -0.354 e. The first-order valence-corrected chi connectivity index (χ1v) is 6.77. The minimum atomic E-state index is 0.0345. The Labute approximate surface area is 109 Å². The lowest BCUT2D eigenvalue weighted by Crippen LogP contribution is -2.39. The van der Waals surface area contributed by atoms with Crippen molar-refractivity contribution in [2.75, 3.05) is 13.1 Å². The molecule has 0 saturated carbocycles. The van der Waals surface area contributed by atoms with E-state index in [9.17, 15) is 9.59 Å². The summed E-state index contributed by atoms with van der Waals surface area (Å²) in [6.07, 6.45) is 2.84. The first-order valence-electron chi connectivity index (χ1n) is 6.77. The molecule has 1 aliphatic heterocycles. The maximum absolute atomic E-state index is 11.8. The Balaban J connectivity index is 2.21. The van der Waals surface area contributed by atoms with Crippen molar-refractivity contribution in [2.45, 2.75) is 45.6 Å². The summed E-state index contributed by atoms with van der Waals surface area (Å²) >= 11 is 0. The van der Waals surface area contributed by atoms with E-state index in [1.165, 1.54) is 0 Å². The van der Waals surface area contributed by atoms with E-state index in [0.29, 0.717) is 31.8 Å². The van der Waals surface area contributed by atoms with Gasteiger partial charge >= 0.3 is 0 Å². The summed E-state index contributed by atoms with van der Waals surface area (Å²) in [6.45, 7) is 5.35. The van der Waals surface area contributed by atoms with Crippen LogP contribution in [0.3, 0.4) is 0 Å².